The predicted molar refractivity (Wildman–Crippen MR) is 130 cm³/mol. The maximum Gasteiger partial charge on any atom is 0.270 e. The van der Waals surface area contributed by atoms with Crippen LogP contribution in [-0.2, 0) is 4.74 Å². The number of carbonyl (C=O) groups excluding carboxylic acids is 1. The van der Waals surface area contributed by atoms with Crippen molar-refractivity contribution in [1.82, 2.24) is 4.90 Å². The molecule has 0 saturated carbocycles. The van der Waals surface area contributed by atoms with E-state index in [-0.39, 0.29) is 11.6 Å². The molecule has 2 saturated heterocycles. The van der Waals surface area contributed by atoms with Gasteiger partial charge < -0.3 is 24.8 Å². The SMILES string of the molecule is CCN1CCN(c2ccc(NC(=O)c3cc([N+](=O)[O-])ccc3N3CCOCC3)c(C)c2)CC1. The van der Waals surface area contributed by atoms with Gasteiger partial charge in [-0.2, -0.15) is 0 Å². The minimum atomic E-state index is -0.474. The first-order valence-electron chi connectivity index (χ1n) is 11.5. The second-order valence-corrected chi connectivity index (χ2v) is 8.43. The molecular formula is C24H31N5O4. The Morgan fingerprint density at radius 2 is 1.76 bits per heavy atom. The zero-order valence-corrected chi connectivity index (χ0v) is 19.2. The molecular weight excluding hydrogens is 422 g/mol. The number of likely N-dealkylation sites (N-methyl/N-ethyl adjacent to an activating group) is 1. The lowest BCUT2D eigenvalue weighted by Crippen LogP contribution is -2.46. The van der Waals surface area contributed by atoms with Crippen molar-refractivity contribution in [2.24, 2.45) is 0 Å². The number of piperazine rings is 1. The molecule has 9 nitrogen and oxygen atoms in total. The van der Waals surface area contributed by atoms with E-state index >= 15 is 0 Å². The van der Waals surface area contributed by atoms with Gasteiger partial charge >= 0.3 is 0 Å². The first-order valence-corrected chi connectivity index (χ1v) is 11.5. The van der Waals surface area contributed by atoms with Crippen molar-refractivity contribution in [1.29, 1.82) is 0 Å². The van der Waals surface area contributed by atoms with Crippen LogP contribution in [0.25, 0.3) is 0 Å². The molecule has 0 radical (unpaired) electrons. The normalized spacial score (nSPS) is 17.2. The van der Waals surface area contributed by atoms with E-state index in [1.165, 1.54) is 12.1 Å². The van der Waals surface area contributed by atoms with Gasteiger partial charge in [-0.05, 0) is 43.3 Å². The molecule has 9 heteroatoms. The largest absolute Gasteiger partial charge is 0.378 e. The summed E-state index contributed by atoms with van der Waals surface area (Å²) in [7, 11) is 0. The summed E-state index contributed by atoms with van der Waals surface area (Å²) in [5, 5.41) is 14.3. The van der Waals surface area contributed by atoms with Crippen LogP contribution in [0.3, 0.4) is 0 Å². The lowest BCUT2D eigenvalue weighted by molar-refractivity contribution is -0.384. The summed E-state index contributed by atoms with van der Waals surface area (Å²) in [4.78, 5) is 30.9. The number of non-ortho nitro benzene ring substituents is 1. The first-order chi connectivity index (χ1) is 16.0. The molecule has 2 aliphatic heterocycles. The highest BCUT2D eigenvalue weighted by atomic mass is 16.6. The molecule has 2 aromatic carbocycles. The molecule has 2 fully saturated rings. The van der Waals surface area contributed by atoms with E-state index in [4.69, 9.17) is 4.74 Å². The van der Waals surface area contributed by atoms with E-state index in [0.29, 0.717) is 43.2 Å². The van der Waals surface area contributed by atoms with Crippen LogP contribution >= 0.6 is 0 Å². The number of hydrogen-bond donors (Lipinski definition) is 1. The Morgan fingerprint density at radius 1 is 1.03 bits per heavy atom. The summed E-state index contributed by atoms with van der Waals surface area (Å²) < 4.78 is 5.41. The van der Waals surface area contributed by atoms with E-state index in [1.807, 2.05) is 24.0 Å². The molecule has 0 atom stereocenters. The summed E-state index contributed by atoms with van der Waals surface area (Å²) in [6.07, 6.45) is 0. The van der Waals surface area contributed by atoms with Crippen molar-refractivity contribution < 1.29 is 14.5 Å². The van der Waals surface area contributed by atoms with E-state index < -0.39 is 4.92 Å². The van der Waals surface area contributed by atoms with Gasteiger partial charge in [0.05, 0.1) is 29.4 Å². The summed E-state index contributed by atoms with van der Waals surface area (Å²) in [6.45, 7) is 11.7. The fraction of sp³-hybridized carbons (Fsp3) is 0.458. The molecule has 2 aliphatic rings. The van der Waals surface area contributed by atoms with Gasteiger partial charge in [0.25, 0.3) is 11.6 Å². The number of amides is 1. The molecule has 33 heavy (non-hydrogen) atoms. The number of ether oxygens (including phenoxy) is 1. The highest BCUT2D eigenvalue weighted by molar-refractivity contribution is 6.09. The number of nitro groups is 1. The van der Waals surface area contributed by atoms with Crippen LogP contribution in [0.1, 0.15) is 22.8 Å². The van der Waals surface area contributed by atoms with Gasteiger partial charge in [0.2, 0.25) is 0 Å². The molecule has 1 amide bonds. The predicted octanol–water partition coefficient (Wildman–Crippen LogP) is 3.13. The standard InChI is InChI=1S/C24H31N5O4/c1-3-26-8-10-27(11-9-26)19-4-6-22(18(2)16-19)25-24(30)21-17-20(29(31)32)5-7-23(21)28-12-14-33-15-13-28/h4-7,16-17H,3,8-15H2,1-2H3,(H,25,30). The first kappa shape index (κ1) is 23.0. The van der Waals surface area contributed by atoms with Gasteiger partial charge in [0.15, 0.2) is 0 Å². The third-order valence-electron chi connectivity index (χ3n) is 6.43. The third kappa shape index (κ3) is 5.26. The number of nitrogens with one attached hydrogen (secondary N) is 1. The van der Waals surface area contributed by atoms with Gasteiger partial charge in [0, 0.05) is 62.8 Å². The number of nitro benzene ring substituents is 1. The molecule has 176 valence electrons. The summed E-state index contributed by atoms with van der Waals surface area (Å²) in [5.74, 6) is -0.354. The van der Waals surface area contributed by atoms with Crippen molar-refractivity contribution in [2.45, 2.75) is 13.8 Å². The lowest BCUT2D eigenvalue weighted by Gasteiger charge is -2.35. The Morgan fingerprint density at radius 3 is 2.39 bits per heavy atom. The molecule has 0 spiro atoms. The Hall–Kier alpha value is -3.17. The van der Waals surface area contributed by atoms with Crippen LogP contribution < -0.4 is 15.1 Å². The number of benzene rings is 2. The van der Waals surface area contributed by atoms with Crippen molar-refractivity contribution >= 4 is 28.7 Å². The Kier molecular flexibility index (Phi) is 7.10. The van der Waals surface area contributed by atoms with Crippen LogP contribution in [0.5, 0.6) is 0 Å². The quantitative estimate of drug-likeness (QED) is 0.531. The fourth-order valence-electron chi connectivity index (χ4n) is 4.40. The molecule has 2 aromatic rings. The Bertz CT molecular complexity index is 1010. The number of carbonyl (C=O) groups is 1. The average Bonchev–Trinajstić information content (AvgIpc) is 2.85. The number of anilines is 3. The highest BCUT2D eigenvalue weighted by Crippen LogP contribution is 2.29. The average molecular weight is 454 g/mol. The second-order valence-electron chi connectivity index (χ2n) is 8.43. The summed E-state index contributed by atoms with van der Waals surface area (Å²) >= 11 is 0. The van der Waals surface area contributed by atoms with Crippen LogP contribution in [0, 0.1) is 17.0 Å². The third-order valence-corrected chi connectivity index (χ3v) is 6.43. The van der Waals surface area contributed by atoms with E-state index in [0.717, 1.165) is 44.0 Å². The molecule has 4 rings (SSSR count). The molecule has 0 aliphatic carbocycles. The summed E-state index contributed by atoms with van der Waals surface area (Å²) in [6, 6.07) is 10.5. The van der Waals surface area contributed by atoms with Crippen LogP contribution in [-0.4, -0.2) is 74.8 Å². The van der Waals surface area contributed by atoms with Gasteiger partial charge in [-0.15, -0.1) is 0 Å². The zero-order chi connectivity index (χ0) is 23.4. The molecule has 0 unspecified atom stereocenters. The van der Waals surface area contributed by atoms with E-state index in [9.17, 15) is 14.9 Å². The lowest BCUT2D eigenvalue weighted by atomic mass is 10.1. The van der Waals surface area contributed by atoms with Gasteiger partial charge in [-0.3, -0.25) is 14.9 Å². The fourth-order valence-corrected chi connectivity index (χ4v) is 4.40. The maximum absolute atomic E-state index is 13.3. The van der Waals surface area contributed by atoms with Gasteiger partial charge in [-0.25, -0.2) is 0 Å². The Balaban J connectivity index is 1.54. The van der Waals surface area contributed by atoms with Crippen molar-refractivity contribution in [2.75, 3.05) is 74.1 Å². The maximum atomic E-state index is 13.3. The zero-order valence-electron chi connectivity index (χ0n) is 19.2. The number of aryl methyl sites for hydroxylation is 1. The number of nitrogens with zero attached hydrogens (tertiary/aromatic N) is 4. The number of hydrogen-bond acceptors (Lipinski definition) is 7. The van der Waals surface area contributed by atoms with Crippen molar-refractivity contribution in [3.63, 3.8) is 0 Å². The highest BCUT2D eigenvalue weighted by Gasteiger charge is 2.23. The molecule has 2 heterocycles. The smallest absolute Gasteiger partial charge is 0.270 e. The number of morpholine rings is 1. The van der Waals surface area contributed by atoms with Crippen molar-refractivity contribution in [3.8, 4) is 0 Å². The minimum absolute atomic E-state index is 0.101. The molecule has 1 N–H and O–H groups in total. The van der Waals surface area contributed by atoms with Gasteiger partial charge in [-0.1, -0.05) is 6.92 Å². The Labute approximate surface area is 194 Å². The topological polar surface area (TPSA) is 91.2 Å². The van der Waals surface area contributed by atoms with Crippen molar-refractivity contribution in [3.05, 3.63) is 57.6 Å². The van der Waals surface area contributed by atoms with Crippen LogP contribution in [0.4, 0.5) is 22.7 Å². The molecule has 0 bridgehead atoms. The second kappa shape index (κ2) is 10.2. The van der Waals surface area contributed by atoms with E-state index in [2.05, 4.69) is 28.1 Å². The minimum Gasteiger partial charge on any atom is -0.378 e. The summed E-state index contributed by atoms with van der Waals surface area (Å²) in [5.41, 5.74) is 3.68. The van der Waals surface area contributed by atoms with Gasteiger partial charge in [0.1, 0.15) is 0 Å². The van der Waals surface area contributed by atoms with E-state index in [1.54, 1.807) is 6.07 Å². The van der Waals surface area contributed by atoms with Crippen LogP contribution in [0.15, 0.2) is 36.4 Å². The monoisotopic (exact) mass is 453 g/mol. The number of rotatable bonds is 6. The molecule has 0 aromatic heterocycles. The van der Waals surface area contributed by atoms with Crippen LogP contribution in [0.2, 0.25) is 0 Å².